The minimum atomic E-state index is -1.16. The number of halogens is 3. The molecule has 0 bridgehead atoms. The van der Waals surface area contributed by atoms with E-state index in [0.717, 1.165) is 0 Å². The zero-order valence-electron chi connectivity index (χ0n) is 8.17. The highest BCUT2D eigenvalue weighted by Gasteiger charge is 2.17. The molecule has 0 atom stereocenters. The lowest BCUT2D eigenvalue weighted by atomic mass is 10.1. The van der Waals surface area contributed by atoms with E-state index in [4.69, 9.17) is 16.7 Å². The van der Waals surface area contributed by atoms with Gasteiger partial charge in [-0.1, -0.05) is 11.6 Å². The monoisotopic (exact) mass is 318 g/mol. The van der Waals surface area contributed by atoms with Crippen LogP contribution in [0.5, 0.6) is 0 Å². The summed E-state index contributed by atoms with van der Waals surface area (Å²) in [5.41, 5.74) is 0.182. The maximum atomic E-state index is 13.8. The number of nitrogens with zero attached hydrogens (tertiary/aromatic N) is 1. The maximum Gasteiger partial charge on any atom is 0.353 e. The molecule has 0 radical (unpaired) electrons. The van der Waals surface area contributed by atoms with Gasteiger partial charge in [-0.2, -0.15) is 5.10 Å². The van der Waals surface area contributed by atoms with Gasteiger partial charge in [0.15, 0.2) is 5.82 Å². The van der Waals surface area contributed by atoms with Crippen molar-refractivity contribution in [1.29, 1.82) is 0 Å². The summed E-state index contributed by atoms with van der Waals surface area (Å²) >= 11 is 8.82. The van der Waals surface area contributed by atoms with Crippen molar-refractivity contribution >= 4 is 33.5 Å². The molecule has 0 saturated carbocycles. The molecule has 0 unspecified atom stereocenters. The topological polar surface area (TPSA) is 66.0 Å². The van der Waals surface area contributed by atoms with Crippen molar-refractivity contribution in [2.45, 2.75) is 0 Å². The summed E-state index contributed by atoms with van der Waals surface area (Å²) in [5.74, 6) is -1.81. The van der Waals surface area contributed by atoms with Crippen molar-refractivity contribution in [1.82, 2.24) is 10.2 Å². The number of hydrogen-bond acceptors (Lipinski definition) is 2. The van der Waals surface area contributed by atoms with E-state index < -0.39 is 11.8 Å². The van der Waals surface area contributed by atoms with Crippen LogP contribution in [0.3, 0.4) is 0 Å². The molecule has 0 spiro atoms. The van der Waals surface area contributed by atoms with Crippen LogP contribution in [0.1, 0.15) is 10.5 Å². The predicted molar refractivity (Wildman–Crippen MR) is 63.7 cm³/mol. The molecule has 2 N–H and O–H groups in total. The maximum absolute atomic E-state index is 13.8. The van der Waals surface area contributed by atoms with Gasteiger partial charge in [-0.15, -0.1) is 0 Å². The normalized spacial score (nSPS) is 10.5. The highest BCUT2D eigenvalue weighted by atomic mass is 79.9. The standard InChI is InChI=1S/C10H5BrClFN2O2/c11-4-1-2-5(12)9(13)8(4)6-3-7(10(16)17)15-14-6/h1-3H,(H,14,15)(H,16,17). The molecule has 0 saturated heterocycles. The van der Waals surface area contributed by atoms with E-state index in [-0.39, 0.29) is 22.0 Å². The number of H-pyrrole nitrogens is 1. The summed E-state index contributed by atoms with van der Waals surface area (Å²) in [7, 11) is 0. The van der Waals surface area contributed by atoms with Crippen LogP contribution in [-0.2, 0) is 0 Å². The number of benzene rings is 1. The SMILES string of the molecule is O=C(O)c1cc(-c2c(Br)ccc(Cl)c2F)n[nH]1. The van der Waals surface area contributed by atoms with Gasteiger partial charge in [-0.05, 0) is 34.1 Å². The molecule has 0 amide bonds. The third-order valence-corrected chi connectivity index (χ3v) is 3.06. The van der Waals surface area contributed by atoms with Crippen molar-refractivity contribution in [2.24, 2.45) is 0 Å². The first kappa shape index (κ1) is 12.1. The molecule has 7 heteroatoms. The molecule has 0 aliphatic carbocycles. The van der Waals surface area contributed by atoms with Gasteiger partial charge in [-0.25, -0.2) is 9.18 Å². The van der Waals surface area contributed by atoms with Crippen LogP contribution >= 0.6 is 27.5 Å². The van der Waals surface area contributed by atoms with Crippen molar-refractivity contribution < 1.29 is 14.3 Å². The van der Waals surface area contributed by atoms with Gasteiger partial charge in [0.1, 0.15) is 5.69 Å². The molecule has 88 valence electrons. The third-order valence-electron chi connectivity index (χ3n) is 2.11. The summed E-state index contributed by atoms with van der Waals surface area (Å²) < 4.78 is 14.2. The molecular weight excluding hydrogens is 314 g/mol. The van der Waals surface area contributed by atoms with E-state index in [0.29, 0.717) is 4.47 Å². The largest absolute Gasteiger partial charge is 0.477 e. The summed E-state index contributed by atoms with van der Waals surface area (Å²) in [6.07, 6.45) is 0. The molecule has 4 nitrogen and oxygen atoms in total. The van der Waals surface area contributed by atoms with E-state index in [1.165, 1.54) is 12.1 Å². The number of hydrogen-bond donors (Lipinski definition) is 2. The van der Waals surface area contributed by atoms with Gasteiger partial charge in [0.2, 0.25) is 0 Å². The molecule has 2 aromatic rings. The Hall–Kier alpha value is -1.40. The van der Waals surface area contributed by atoms with Gasteiger partial charge in [0, 0.05) is 4.47 Å². The summed E-state index contributed by atoms with van der Waals surface area (Å²) in [6.45, 7) is 0. The average molecular weight is 320 g/mol. The first-order valence-corrected chi connectivity index (χ1v) is 5.60. The van der Waals surface area contributed by atoms with Crippen LogP contribution in [0, 0.1) is 5.82 Å². The Kier molecular flexibility index (Phi) is 3.17. The fourth-order valence-electron chi connectivity index (χ4n) is 1.32. The fourth-order valence-corrected chi connectivity index (χ4v) is 1.99. The van der Waals surface area contributed by atoms with E-state index in [2.05, 4.69) is 26.1 Å². The number of carboxylic acid groups (broad SMARTS) is 1. The lowest BCUT2D eigenvalue weighted by Crippen LogP contribution is -1.95. The van der Waals surface area contributed by atoms with Gasteiger partial charge in [0.05, 0.1) is 16.3 Å². The Morgan fingerprint density at radius 1 is 1.53 bits per heavy atom. The highest BCUT2D eigenvalue weighted by Crippen LogP contribution is 2.33. The van der Waals surface area contributed by atoms with Crippen LogP contribution in [0.25, 0.3) is 11.3 Å². The second-order valence-electron chi connectivity index (χ2n) is 3.19. The van der Waals surface area contributed by atoms with Crippen LogP contribution in [-0.4, -0.2) is 21.3 Å². The van der Waals surface area contributed by atoms with Gasteiger partial charge in [-0.3, -0.25) is 5.10 Å². The number of carboxylic acids is 1. The molecule has 2 rings (SSSR count). The Balaban J connectivity index is 2.60. The number of nitrogens with one attached hydrogen (secondary N) is 1. The van der Waals surface area contributed by atoms with E-state index in [9.17, 15) is 9.18 Å². The Bertz CT molecular complexity index is 600. The lowest BCUT2D eigenvalue weighted by Gasteiger charge is -2.03. The number of carbonyl (C=O) groups is 1. The van der Waals surface area contributed by atoms with E-state index in [1.807, 2.05) is 0 Å². The molecule has 1 heterocycles. The zero-order chi connectivity index (χ0) is 12.6. The average Bonchev–Trinajstić information content (AvgIpc) is 2.73. The van der Waals surface area contributed by atoms with Crippen LogP contribution < -0.4 is 0 Å². The van der Waals surface area contributed by atoms with Crippen LogP contribution in [0.2, 0.25) is 5.02 Å². The quantitative estimate of drug-likeness (QED) is 0.834. The molecule has 1 aromatic carbocycles. The fraction of sp³-hybridized carbons (Fsp3) is 0. The minimum Gasteiger partial charge on any atom is -0.477 e. The van der Waals surface area contributed by atoms with Crippen LogP contribution in [0.15, 0.2) is 22.7 Å². The van der Waals surface area contributed by atoms with E-state index >= 15 is 0 Å². The zero-order valence-corrected chi connectivity index (χ0v) is 10.5. The molecular formula is C10H5BrClFN2O2. The summed E-state index contributed by atoms with van der Waals surface area (Å²) in [4.78, 5) is 10.7. The van der Waals surface area contributed by atoms with Gasteiger partial charge >= 0.3 is 5.97 Å². The predicted octanol–water partition coefficient (Wildman–Crippen LogP) is 3.33. The van der Waals surface area contributed by atoms with Gasteiger partial charge in [0.25, 0.3) is 0 Å². The molecule has 0 aliphatic heterocycles. The van der Waals surface area contributed by atoms with Crippen molar-refractivity contribution in [3.8, 4) is 11.3 Å². The van der Waals surface area contributed by atoms with Crippen LogP contribution in [0.4, 0.5) is 4.39 Å². The van der Waals surface area contributed by atoms with Gasteiger partial charge < -0.3 is 5.11 Å². The highest BCUT2D eigenvalue weighted by molar-refractivity contribution is 9.10. The third kappa shape index (κ3) is 2.18. The number of aromatic nitrogens is 2. The first-order valence-electron chi connectivity index (χ1n) is 4.43. The molecule has 0 fully saturated rings. The first-order chi connectivity index (χ1) is 8.00. The Morgan fingerprint density at radius 2 is 2.24 bits per heavy atom. The molecule has 0 aliphatic rings. The second-order valence-corrected chi connectivity index (χ2v) is 4.45. The molecule has 17 heavy (non-hydrogen) atoms. The van der Waals surface area contributed by atoms with Crippen molar-refractivity contribution in [3.05, 3.63) is 39.2 Å². The van der Waals surface area contributed by atoms with Crippen molar-refractivity contribution in [2.75, 3.05) is 0 Å². The van der Waals surface area contributed by atoms with E-state index in [1.54, 1.807) is 6.07 Å². The van der Waals surface area contributed by atoms with Crippen molar-refractivity contribution in [3.63, 3.8) is 0 Å². The Labute approximate surface area is 109 Å². The lowest BCUT2D eigenvalue weighted by molar-refractivity contribution is 0.0690. The molecule has 1 aromatic heterocycles. The second kappa shape index (κ2) is 4.46. The summed E-state index contributed by atoms with van der Waals surface area (Å²) in [5, 5.41) is 14.7. The number of aromatic carboxylic acids is 1. The summed E-state index contributed by atoms with van der Waals surface area (Å²) in [6, 6.07) is 4.20. The Morgan fingerprint density at radius 3 is 2.82 bits per heavy atom. The smallest absolute Gasteiger partial charge is 0.353 e. The number of rotatable bonds is 2. The minimum absolute atomic E-state index is 0.0527. The number of aromatic amines is 1.